The first-order valence-electron chi connectivity index (χ1n) is 8.47. The van der Waals surface area contributed by atoms with Crippen LogP contribution in [0.5, 0.6) is 0 Å². The van der Waals surface area contributed by atoms with Crippen molar-refractivity contribution in [3.8, 4) is 5.69 Å². The molecule has 1 aliphatic heterocycles. The second-order valence-corrected chi connectivity index (χ2v) is 7.38. The van der Waals surface area contributed by atoms with E-state index in [9.17, 15) is 22.4 Å². The molecule has 1 unspecified atom stereocenters. The van der Waals surface area contributed by atoms with Crippen LogP contribution in [0.15, 0.2) is 30.5 Å². The van der Waals surface area contributed by atoms with E-state index >= 15 is 0 Å². The number of amides is 1. The third-order valence-corrected chi connectivity index (χ3v) is 4.95. The fourth-order valence-electron chi connectivity index (χ4n) is 3.30. The lowest BCUT2D eigenvalue weighted by molar-refractivity contribution is -0.143. The fourth-order valence-corrected chi connectivity index (χ4v) is 3.30. The highest BCUT2D eigenvalue weighted by Crippen LogP contribution is 2.36. The summed E-state index contributed by atoms with van der Waals surface area (Å²) in [6.07, 6.45) is -3.55. The topological polar surface area (TPSA) is 64.2 Å². The Labute approximate surface area is 165 Å². The summed E-state index contributed by atoms with van der Waals surface area (Å²) >= 11 is 0. The number of carbonyl (C=O) groups is 1. The highest BCUT2D eigenvalue weighted by atomic mass is 35.5. The van der Waals surface area contributed by atoms with Gasteiger partial charge in [0.1, 0.15) is 11.5 Å². The van der Waals surface area contributed by atoms with E-state index in [4.69, 9.17) is 5.73 Å². The van der Waals surface area contributed by atoms with Crippen LogP contribution in [0.4, 0.5) is 17.6 Å². The largest absolute Gasteiger partial charge is 0.434 e. The number of piperidine rings is 1. The van der Waals surface area contributed by atoms with E-state index in [1.807, 2.05) is 13.8 Å². The van der Waals surface area contributed by atoms with Gasteiger partial charge in [0.2, 0.25) is 0 Å². The van der Waals surface area contributed by atoms with Crippen molar-refractivity contribution in [1.82, 2.24) is 14.7 Å². The van der Waals surface area contributed by atoms with Crippen molar-refractivity contribution in [1.29, 1.82) is 0 Å². The zero-order valence-electron chi connectivity index (χ0n) is 15.3. The van der Waals surface area contributed by atoms with Gasteiger partial charge in [-0.1, -0.05) is 26.0 Å². The van der Waals surface area contributed by atoms with E-state index in [0.717, 1.165) is 12.3 Å². The van der Waals surface area contributed by atoms with Crippen LogP contribution in [0.3, 0.4) is 0 Å². The zero-order valence-corrected chi connectivity index (χ0v) is 16.1. The predicted octanol–water partition coefficient (Wildman–Crippen LogP) is 3.65. The van der Waals surface area contributed by atoms with Crippen LogP contribution < -0.4 is 5.73 Å². The number of nitrogens with zero attached hydrogens (tertiary/aromatic N) is 3. The first kappa shape index (κ1) is 22.2. The Hall–Kier alpha value is -2.13. The normalized spacial score (nSPS) is 19.2. The molecule has 1 atom stereocenters. The van der Waals surface area contributed by atoms with Gasteiger partial charge in [-0.2, -0.15) is 18.3 Å². The van der Waals surface area contributed by atoms with Gasteiger partial charge < -0.3 is 10.6 Å². The molecule has 28 heavy (non-hydrogen) atoms. The van der Waals surface area contributed by atoms with Gasteiger partial charge in [-0.3, -0.25) is 4.79 Å². The van der Waals surface area contributed by atoms with Crippen molar-refractivity contribution >= 4 is 18.3 Å². The van der Waals surface area contributed by atoms with E-state index in [0.29, 0.717) is 11.1 Å². The van der Waals surface area contributed by atoms with Gasteiger partial charge in [-0.15, -0.1) is 12.4 Å². The Morgan fingerprint density at radius 2 is 1.93 bits per heavy atom. The molecule has 0 spiro atoms. The average molecular weight is 421 g/mol. The van der Waals surface area contributed by atoms with Crippen LogP contribution in [0.25, 0.3) is 5.69 Å². The van der Waals surface area contributed by atoms with Crippen LogP contribution in [0, 0.1) is 11.2 Å². The lowest BCUT2D eigenvalue weighted by Gasteiger charge is -2.42. The maximum Gasteiger partial charge on any atom is 0.434 e. The molecule has 2 aromatic rings. The maximum atomic E-state index is 14.0. The van der Waals surface area contributed by atoms with Crippen molar-refractivity contribution < 1.29 is 22.4 Å². The highest BCUT2D eigenvalue weighted by molar-refractivity contribution is 5.95. The summed E-state index contributed by atoms with van der Waals surface area (Å²) < 4.78 is 55.6. The Morgan fingerprint density at radius 1 is 1.29 bits per heavy atom. The number of hydrogen-bond acceptors (Lipinski definition) is 3. The Kier molecular flexibility index (Phi) is 6.10. The summed E-state index contributed by atoms with van der Waals surface area (Å²) in [4.78, 5) is 14.2. The fraction of sp³-hybridized carbons (Fsp3) is 0.444. The Bertz CT molecular complexity index is 866. The van der Waals surface area contributed by atoms with Crippen LogP contribution in [-0.2, 0) is 6.18 Å². The first-order valence-corrected chi connectivity index (χ1v) is 8.47. The molecule has 1 saturated heterocycles. The summed E-state index contributed by atoms with van der Waals surface area (Å²) in [5, 5.41) is 3.67. The zero-order chi connectivity index (χ0) is 20.0. The molecule has 1 fully saturated rings. The number of alkyl halides is 3. The monoisotopic (exact) mass is 420 g/mol. The summed E-state index contributed by atoms with van der Waals surface area (Å²) in [7, 11) is 0. The van der Waals surface area contributed by atoms with Crippen molar-refractivity contribution in [3.05, 3.63) is 47.5 Å². The summed E-state index contributed by atoms with van der Waals surface area (Å²) in [5.74, 6) is -1.65. The number of likely N-dealkylation sites (tertiary alicyclic amines) is 1. The minimum Gasteiger partial charge on any atom is -0.338 e. The van der Waals surface area contributed by atoms with Crippen LogP contribution in [-0.4, -0.2) is 39.7 Å². The maximum absolute atomic E-state index is 14.0. The molecule has 2 N–H and O–H groups in total. The van der Waals surface area contributed by atoms with Gasteiger partial charge >= 0.3 is 6.18 Å². The third-order valence-electron chi connectivity index (χ3n) is 4.95. The number of hydrogen-bond donors (Lipinski definition) is 1. The molecule has 1 amide bonds. The average Bonchev–Trinajstić information content (AvgIpc) is 3.02. The number of aromatic nitrogens is 2. The van der Waals surface area contributed by atoms with Crippen molar-refractivity contribution in [2.45, 2.75) is 32.5 Å². The number of halogens is 5. The van der Waals surface area contributed by atoms with E-state index in [1.54, 1.807) is 0 Å². The van der Waals surface area contributed by atoms with Gasteiger partial charge in [0.15, 0.2) is 5.69 Å². The SMILES string of the molecule is CC1(C)CN(C(=O)c2cnn(-c3ccccc3F)c2C(F)(F)F)CCC1N.Cl. The first-order chi connectivity index (χ1) is 12.5. The number of nitrogens with two attached hydrogens (primary N) is 1. The third kappa shape index (κ3) is 4.00. The molecular weight excluding hydrogens is 400 g/mol. The number of rotatable bonds is 2. The minimum absolute atomic E-state index is 0. The van der Waals surface area contributed by atoms with Gasteiger partial charge in [0, 0.05) is 19.1 Å². The second-order valence-electron chi connectivity index (χ2n) is 7.38. The number of carbonyl (C=O) groups excluding carboxylic acids is 1. The molecule has 0 bridgehead atoms. The molecular formula is C18H21ClF4N4O. The van der Waals surface area contributed by atoms with E-state index in [-0.39, 0.29) is 37.2 Å². The lowest BCUT2D eigenvalue weighted by atomic mass is 9.79. The van der Waals surface area contributed by atoms with E-state index in [2.05, 4.69) is 5.10 Å². The molecule has 0 aliphatic carbocycles. The lowest BCUT2D eigenvalue weighted by Crippen LogP contribution is -2.54. The van der Waals surface area contributed by atoms with Crippen LogP contribution >= 0.6 is 12.4 Å². The summed E-state index contributed by atoms with van der Waals surface area (Å²) in [6.45, 7) is 4.22. The smallest absolute Gasteiger partial charge is 0.338 e. The van der Waals surface area contributed by atoms with Gasteiger partial charge in [-0.25, -0.2) is 9.07 Å². The Balaban J connectivity index is 0.00000280. The molecule has 3 rings (SSSR count). The van der Waals surface area contributed by atoms with Crippen molar-refractivity contribution in [2.24, 2.45) is 11.1 Å². The molecule has 1 aromatic heterocycles. The second kappa shape index (κ2) is 7.71. The predicted molar refractivity (Wildman–Crippen MR) is 98.0 cm³/mol. The van der Waals surface area contributed by atoms with E-state index in [1.165, 1.54) is 23.1 Å². The number of para-hydroxylation sites is 1. The molecule has 0 radical (unpaired) electrons. The molecule has 10 heteroatoms. The molecule has 1 aromatic carbocycles. The number of benzene rings is 1. The molecule has 2 heterocycles. The van der Waals surface area contributed by atoms with Crippen molar-refractivity contribution in [2.75, 3.05) is 13.1 Å². The van der Waals surface area contributed by atoms with Gasteiger partial charge in [-0.05, 0) is 24.0 Å². The van der Waals surface area contributed by atoms with Crippen LogP contribution in [0.2, 0.25) is 0 Å². The quantitative estimate of drug-likeness (QED) is 0.754. The molecule has 5 nitrogen and oxygen atoms in total. The standard InChI is InChI=1S/C18H20F4N4O.ClH/c1-17(2)10-25(8-7-14(17)23)16(27)11-9-24-26(15(11)18(20,21)22)13-6-4-3-5-12(13)19;/h3-6,9,14H,7-8,10,23H2,1-2H3;1H. The Morgan fingerprint density at radius 3 is 2.50 bits per heavy atom. The minimum atomic E-state index is -4.88. The summed E-state index contributed by atoms with van der Waals surface area (Å²) in [5.41, 5.74) is 3.35. The van der Waals surface area contributed by atoms with Gasteiger partial charge in [0.05, 0.1) is 11.8 Å². The molecule has 1 aliphatic rings. The van der Waals surface area contributed by atoms with Gasteiger partial charge in [0.25, 0.3) is 5.91 Å². The van der Waals surface area contributed by atoms with E-state index < -0.39 is 34.6 Å². The highest BCUT2D eigenvalue weighted by Gasteiger charge is 2.43. The molecule has 0 saturated carbocycles. The molecule has 154 valence electrons. The van der Waals surface area contributed by atoms with Crippen molar-refractivity contribution in [3.63, 3.8) is 0 Å². The van der Waals surface area contributed by atoms with Crippen LogP contribution in [0.1, 0.15) is 36.3 Å². The summed E-state index contributed by atoms with van der Waals surface area (Å²) in [6, 6.07) is 4.82.